The molecule has 11 heavy (non-hydrogen) atoms. The number of nitrogens with zero attached hydrogens (tertiary/aromatic N) is 1. The van der Waals surface area contributed by atoms with Crippen LogP contribution in [0.5, 0.6) is 0 Å². The van der Waals surface area contributed by atoms with Crippen molar-refractivity contribution < 1.29 is 4.92 Å². The van der Waals surface area contributed by atoms with Gasteiger partial charge in [0.15, 0.2) is 0 Å². The molecule has 0 atom stereocenters. The molecule has 0 saturated carbocycles. The molecule has 1 aromatic rings. The molecule has 0 unspecified atom stereocenters. The van der Waals surface area contributed by atoms with Crippen LogP contribution >= 0.6 is 0 Å². The molecule has 0 fully saturated rings. The van der Waals surface area contributed by atoms with Crippen molar-refractivity contribution in [2.75, 3.05) is 0 Å². The quantitative estimate of drug-likeness (QED) is 0.496. The zero-order valence-electron chi connectivity index (χ0n) is 6.28. The summed E-state index contributed by atoms with van der Waals surface area (Å²) in [7, 11) is 0. The van der Waals surface area contributed by atoms with Gasteiger partial charge in [0.05, 0.1) is 4.92 Å². The van der Waals surface area contributed by atoms with Gasteiger partial charge in [0.25, 0.3) is 5.69 Å². The summed E-state index contributed by atoms with van der Waals surface area (Å²) in [6, 6.07) is 6.43. The first-order valence-corrected chi connectivity index (χ1v) is 2.91. The highest BCUT2D eigenvalue weighted by Crippen LogP contribution is 2.10. The molecule has 3 N–H and O–H groups in total. The number of nitro benzene ring substituents is 1. The highest BCUT2D eigenvalue weighted by Gasteiger charge is 2.00. The van der Waals surface area contributed by atoms with Gasteiger partial charge in [-0.3, -0.25) is 10.1 Å². The fraction of sp³-hybridized carbons (Fsp3) is 0.143. The Morgan fingerprint density at radius 2 is 1.73 bits per heavy atom. The van der Waals surface area contributed by atoms with Crippen molar-refractivity contribution in [3.63, 3.8) is 0 Å². The number of benzene rings is 1. The smallest absolute Gasteiger partial charge is 0.269 e. The van der Waals surface area contributed by atoms with Gasteiger partial charge in [-0.05, 0) is 6.92 Å². The third-order valence-electron chi connectivity index (χ3n) is 1.24. The lowest BCUT2D eigenvalue weighted by molar-refractivity contribution is -0.384. The summed E-state index contributed by atoms with van der Waals surface area (Å²) in [5.41, 5.74) is 1.18. The van der Waals surface area contributed by atoms with Crippen molar-refractivity contribution in [1.29, 1.82) is 0 Å². The van der Waals surface area contributed by atoms with Crippen LogP contribution in [0.15, 0.2) is 24.3 Å². The van der Waals surface area contributed by atoms with Crippen LogP contribution < -0.4 is 6.15 Å². The van der Waals surface area contributed by atoms with E-state index >= 15 is 0 Å². The van der Waals surface area contributed by atoms with E-state index < -0.39 is 4.92 Å². The zero-order valence-corrected chi connectivity index (χ0v) is 6.28. The standard InChI is InChI=1S/C7H7NO2.H3N/c1-6-2-4-7(5-3-6)8(9)10;/h2-5H,1H3;1H3. The Balaban J connectivity index is 0.000001000. The molecule has 0 aromatic heterocycles. The first-order chi connectivity index (χ1) is 4.70. The fourth-order valence-electron chi connectivity index (χ4n) is 0.666. The van der Waals surface area contributed by atoms with Crippen molar-refractivity contribution in [1.82, 2.24) is 6.15 Å². The maximum atomic E-state index is 10.1. The van der Waals surface area contributed by atoms with Crippen LogP contribution in [0.1, 0.15) is 5.56 Å². The second kappa shape index (κ2) is 3.68. The summed E-state index contributed by atoms with van der Waals surface area (Å²) in [4.78, 5) is 9.71. The average molecular weight is 154 g/mol. The third kappa shape index (κ3) is 2.35. The van der Waals surface area contributed by atoms with E-state index in [0.717, 1.165) is 5.56 Å². The van der Waals surface area contributed by atoms with Crippen molar-refractivity contribution in [2.45, 2.75) is 6.92 Å². The monoisotopic (exact) mass is 154 g/mol. The number of rotatable bonds is 1. The summed E-state index contributed by atoms with van der Waals surface area (Å²) < 4.78 is 0. The number of hydrogen-bond donors (Lipinski definition) is 1. The minimum atomic E-state index is -0.403. The molecule has 0 spiro atoms. The molecule has 4 heteroatoms. The van der Waals surface area contributed by atoms with E-state index in [4.69, 9.17) is 0 Å². The molecular weight excluding hydrogens is 144 g/mol. The Hall–Kier alpha value is -1.42. The van der Waals surface area contributed by atoms with Crippen molar-refractivity contribution in [3.05, 3.63) is 39.9 Å². The summed E-state index contributed by atoms with van der Waals surface area (Å²) in [6.45, 7) is 1.89. The Kier molecular flexibility index (Phi) is 3.20. The molecule has 0 heterocycles. The molecule has 1 rings (SSSR count). The van der Waals surface area contributed by atoms with Crippen LogP contribution in [-0.2, 0) is 0 Å². The summed E-state index contributed by atoms with van der Waals surface area (Å²) >= 11 is 0. The predicted molar refractivity (Wildman–Crippen MR) is 42.9 cm³/mol. The van der Waals surface area contributed by atoms with Gasteiger partial charge in [0.1, 0.15) is 0 Å². The second-order valence-corrected chi connectivity index (χ2v) is 2.09. The van der Waals surface area contributed by atoms with Gasteiger partial charge in [-0.15, -0.1) is 0 Å². The largest absolute Gasteiger partial charge is 0.344 e. The molecule has 0 aliphatic carbocycles. The predicted octanol–water partition coefficient (Wildman–Crippen LogP) is 2.07. The summed E-state index contributed by atoms with van der Waals surface area (Å²) in [5.74, 6) is 0. The Bertz CT molecular complexity index is 243. The topological polar surface area (TPSA) is 78.1 Å². The lowest BCUT2D eigenvalue weighted by Crippen LogP contribution is -1.86. The van der Waals surface area contributed by atoms with Gasteiger partial charge in [-0.1, -0.05) is 17.7 Å². The summed E-state index contributed by atoms with van der Waals surface area (Å²) in [5, 5.41) is 10.1. The molecule has 1 aromatic carbocycles. The third-order valence-corrected chi connectivity index (χ3v) is 1.24. The Labute approximate surface area is 64.6 Å². The molecule has 0 radical (unpaired) electrons. The molecule has 0 amide bonds. The lowest BCUT2D eigenvalue weighted by Gasteiger charge is -1.90. The van der Waals surface area contributed by atoms with E-state index in [9.17, 15) is 10.1 Å². The van der Waals surface area contributed by atoms with Crippen LogP contribution in [0, 0.1) is 17.0 Å². The van der Waals surface area contributed by atoms with E-state index in [2.05, 4.69) is 0 Å². The number of non-ortho nitro benzene ring substituents is 1. The van der Waals surface area contributed by atoms with Gasteiger partial charge in [0, 0.05) is 12.1 Å². The molecule has 60 valence electrons. The van der Waals surface area contributed by atoms with Crippen molar-refractivity contribution in [3.8, 4) is 0 Å². The van der Waals surface area contributed by atoms with Gasteiger partial charge in [-0.25, -0.2) is 0 Å². The van der Waals surface area contributed by atoms with E-state index in [1.807, 2.05) is 6.92 Å². The first kappa shape index (κ1) is 9.58. The SMILES string of the molecule is Cc1ccc([N+](=O)[O-])cc1.N. The minimum absolute atomic E-state index is 0. The molecule has 0 saturated heterocycles. The van der Waals surface area contributed by atoms with E-state index in [1.165, 1.54) is 12.1 Å². The highest BCUT2D eigenvalue weighted by atomic mass is 16.6. The van der Waals surface area contributed by atoms with Crippen LogP contribution in [0.2, 0.25) is 0 Å². The minimum Gasteiger partial charge on any atom is -0.344 e. The van der Waals surface area contributed by atoms with Crippen molar-refractivity contribution in [2.24, 2.45) is 0 Å². The van der Waals surface area contributed by atoms with E-state index in [-0.39, 0.29) is 11.8 Å². The maximum Gasteiger partial charge on any atom is 0.269 e. The van der Waals surface area contributed by atoms with Crippen LogP contribution in [0.4, 0.5) is 5.69 Å². The molecular formula is C7H10N2O2. The maximum absolute atomic E-state index is 10.1. The Morgan fingerprint density at radius 3 is 2.09 bits per heavy atom. The lowest BCUT2D eigenvalue weighted by atomic mass is 10.2. The van der Waals surface area contributed by atoms with Gasteiger partial charge < -0.3 is 6.15 Å². The highest BCUT2D eigenvalue weighted by molar-refractivity contribution is 5.31. The average Bonchev–Trinajstić information content (AvgIpc) is 1.88. The summed E-state index contributed by atoms with van der Waals surface area (Å²) in [6.07, 6.45) is 0. The second-order valence-electron chi connectivity index (χ2n) is 2.09. The molecule has 0 bridgehead atoms. The fourth-order valence-corrected chi connectivity index (χ4v) is 0.666. The van der Waals surface area contributed by atoms with Crippen LogP contribution in [0.3, 0.4) is 0 Å². The van der Waals surface area contributed by atoms with Gasteiger partial charge >= 0.3 is 0 Å². The van der Waals surface area contributed by atoms with Gasteiger partial charge in [-0.2, -0.15) is 0 Å². The Morgan fingerprint density at radius 1 is 1.27 bits per heavy atom. The molecule has 0 aliphatic rings. The number of nitro groups is 1. The zero-order chi connectivity index (χ0) is 7.56. The van der Waals surface area contributed by atoms with E-state index in [1.54, 1.807) is 12.1 Å². The first-order valence-electron chi connectivity index (χ1n) is 2.91. The normalized spacial score (nSPS) is 8.45. The van der Waals surface area contributed by atoms with Gasteiger partial charge in [0.2, 0.25) is 0 Å². The molecule has 0 aliphatic heterocycles. The number of aryl methyl sites for hydroxylation is 1. The van der Waals surface area contributed by atoms with E-state index in [0.29, 0.717) is 0 Å². The van der Waals surface area contributed by atoms with Crippen LogP contribution in [-0.4, -0.2) is 4.92 Å². The van der Waals surface area contributed by atoms with Crippen LogP contribution in [0.25, 0.3) is 0 Å². The molecule has 4 nitrogen and oxygen atoms in total. The number of hydrogen-bond acceptors (Lipinski definition) is 3. The van der Waals surface area contributed by atoms with Crippen molar-refractivity contribution >= 4 is 5.69 Å².